The monoisotopic (exact) mass is 274 g/mol. The first-order chi connectivity index (χ1) is 9.13. The summed E-state index contributed by atoms with van der Waals surface area (Å²) in [4.78, 5) is 0. The molecule has 0 aliphatic heterocycles. The van der Waals surface area contributed by atoms with Crippen molar-refractivity contribution >= 4 is 11.6 Å². The van der Waals surface area contributed by atoms with Crippen LogP contribution in [0.3, 0.4) is 0 Å². The van der Waals surface area contributed by atoms with Crippen molar-refractivity contribution in [3.63, 3.8) is 0 Å². The molecule has 19 heavy (non-hydrogen) atoms. The van der Waals surface area contributed by atoms with Crippen molar-refractivity contribution < 1.29 is 4.39 Å². The second-order valence-electron chi connectivity index (χ2n) is 4.18. The molecule has 0 fully saturated rings. The van der Waals surface area contributed by atoms with Gasteiger partial charge in [-0.15, -0.1) is 0 Å². The Labute approximate surface area is 116 Å². The van der Waals surface area contributed by atoms with Crippen molar-refractivity contribution in [1.29, 1.82) is 5.26 Å². The van der Waals surface area contributed by atoms with Crippen molar-refractivity contribution in [3.05, 3.63) is 58.4 Å². The molecule has 4 heteroatoms. The van der Waals surface area contributed by atoms with Gasteiger partial charge in [0.15, 0.2) is 0 Å². The van der Waals surface area contributed by atoms with Gasteiger partial charge in [-0.2, -0.15) is 5.26 Å². The van der Waals surface area contributed by atoms with Crippen LogP contribution in [0.2, 0.25) is 5.02 Å². The highest BCUT2D eigenvalue weighted by Crippen LogP contribution is 2.26. The van der Waals surface area contributed by atoms with Gasteiger partial charge in [-0.3, -0.25) is 0 Å². The first-order valence-electron chi connectivity index (χ1n) is 5.78. The van der Waals surface area contributed by atoms with Crippen molar-refractivity contribution in [3.8, 4) is 17.2 Å². The van der Waals surface area contributed by atoms with Crippen LogP contribution in [0.25, 0.3) is 11.1 Å². The number of halogens is 2. The van der Waals surface area contributed by atoms with E-state index >= 15 is 0 Å². The van der Waals surface area contributed by atoms with E-state index in [1.807, 2.05) is 25.2 Å². The number of nitrogens with one attached hydrogen (secondary N) is 1. The van der Waals surface area contributed by atoms with Crippen LogP contribution in [-0.2, 0) is 6.54 Å². The lowest BCUT2D eigenvalue weighted by molar-refractivity contribution is 0.628. The predicted octanol–water partition coefficient (Wildman–Crippen LogP) is 3.74. The summed E-state index contributed by atoms with van der Waals surface area (Å²) in [6.07, 6.45) is 0. The molecule has 0 aliphatic rings. The SMILES string of the molecule is CNCc1cc(-c2cc(F)cc(C#N)c2)ccc1Cl. The highest BCUT2D eigenvalue weighted by molar-refractivity contribution is 6.31. The average Bonchev–Trinajstić information content (AvgIpc) is 2.40. The molecule has 0 amide bonds. The molecule has 0 spiro atoms. The van der Waals surface area contributed by atoms with Gasteiger partial charge in [-0.1, -0.05) is 17.7 Å². The van der Waals surface area contributed by atoms with Crippen LogP contribution < -0.4 is 5.32 Å². The molecule has 2 aromatic carbocycles. The largest absolute Gasteiger partial charge is 0.316 e. The minimum Gasteiger partial charge on any atom is -0.316 e. The normalized spacial score (nSPS) is 10.2. The zero-order valence-corrected chi connectivity index (χ0v) is 11.1. The summed E-state index contributed by atoms with van der Waals surface area (Å²) in [5.74, 6) is -0.417. The third-order valence-corrected chi connectivity index (χ3v) is 3.14. The highest BCUT2D eigenvalue weighted by Gasteiger charge is 2.06. The number of hydrogen-bond donors (Lipinski definition) is 1. The fourth-order valence-corrected chi connectivity index (χ4v) is 2.09. The van der Waals surface area contributed by atoms with Crippen LogP contribution in [-0.4, -0.2) is 7.05 Å². The lowest BCUT2D eigenvalue weighted by atomic mass is 10.0. The average molecular weight is 275 g/mol. The van der Waals surface area contributed by atoms with E-state index in [0.717, 1.165) is 11.1 Å². The van der Waals surface area contributed by atoms with Crippen molar-refractivity contribution in [2.24, 2.45) is 0 Å². The first kappa shape index (κ1) is 13.5. The van der Waals surface area contributed by atoms with Gasteiger partial charge in [0.2, 0.25) is 0 Å². The Bertz CT molecular complexity index is 647. The fourth-order valence-electron chi connectivity index (χ4n) is 1.90. The van der Waals surface area contributed by atoms with Gasteiger partial charge in [0.1, 0.15) is 5.82 Å². The maximum absolute atomic E-state index is 13.4. The van der Waals surface area contributed by atoms with Gasteiger partial charge in [0.05, 0.1) is 11.6 Å². The van der Waals surface area contributed by atoms with E-state index in [-0.39, 0.29) is 0 Å². The molecule has 1 N–H and O–H groups in total. The molecule has 0 bridgehead atoms. The molecule has 0 radical (unpaired) electrons. The lowest BCUT2D eigenvalue weighted by Gasteiger charge is -2.08. The van der Waals surface area contributed by atoms with Crippen molar-refractivity contribution in [2.75, 3.05) is 7.05 Å². The molecule has 96 valence electrons. The minimum absolute atomic E-state index is 0.306. The third-order valence-electron chi connectivity index (χ3n) is 2.77. The van der Waals surface area contributed by atoms with E-state index in [2.05, 4.69) is 5.32 Å². The summed E-state index contributed by atoms with van der Waals surface area (Å²) in [6, 6.07) is 11.7. The number of nitriles is 1. The summed E-state index contributed by atoms with van der Waals surface area (Å²) in [5.41, 5.74) is 2.75. The number of benzene rings is 2. The smallest absolute Gasteiger partial charge is 0.125 e. The Morgan fingerprint density at radius 2 is 2.00 bits per heavy atom. The van der Waals surface area contributed by atoms with Crippen LogP contribution >= 0.6 is 11.6 Å². The second kappa shape index (κ2) is 5.83. The van der Waals surface area contributed by atoms with Crippen molar-refractivity contribution in [1.82, 2.24) is 5.32 Å². The topological polar surface area (TPSA) is 35.8 Å². The number of hydrogen-bond acceptors (Lipinski definition) is 2. The van der Waals surface area contributed by atoms with E-state index < -0.39 is 5.82 Å². The van der Waals surface area contributed by atoms with E-state index in [0.29, 0.717) is 22.7 Å². The summed E-state index contributed by atoms with van der Waals surface area (Å²) in [5, 5.41) is 12.6. The quantitative estimate of drug-likeness (QED) is 0.925. The lowest BCUT2D eigenvalue weighted by Crippen LogP contribution is -2.05. The molecule has 0 aliphatic carbocycles. The fraction of sp³-hybridized carbons (Fsp3) is 0.133. The standard InChI is InChI=1S/C15H12ClFN2/c1-19-9-13-6-11(2-3-15(13)16)12-4-10(8-18)5-14(17)7-12/h2-7,19H,9H2,1H3. The van der Waals surface area contributed by atoms with Crippen LogP contribution in [0.4, 0.5) is 4.39 Å². The van der Waals surface area contributed by atoms with Crippen LogP contribution in [0.15, 0.2) is 36.4 Å². The van der Waals surface area contributed by atoms with Crippen molar-refractivity contribution in [2.45, 2.75) is 6.54 Å². The first-order valence-corrected chi connectivity index (χ1v) is 6.16. The molecule has 0 saturated heterocycles. The molecule has 0 heterocycles. The predicted molar refractivity (Wildman–Crippen MR) is 74.3 cm³/mol. The van der Waals surface area contributed by atoms with Gasteiger partial charge in [0, 0.05) is 11.6 Å². The summed E-state index contributed by atoms with van der Waals surface area (Å²) in [6.45, 7) is 0.632. The second-order valence-corrected chi connectivity index (χ2v) is 4.58. The molecule has 0 unspecified atom stereocenters. The van der Waals surface area contributed by atoms with Gasteiger partial charge < -0.3 is 5.32 Å². The molecule has 0 aromatic heterocycles. The van der Waals surface area contributed by atoms with Gasteiger partial charge in [0.25, 0.3) is 0 Å². The highest BCUT2D eigenvalue weighted by atomic mass is 35.5. The minimum atomic E-state index is -0.417. The third kappa shape index (κ3) is 3.11. The van der Waals surface area contributed by atoms with Crippen LogP contribution in [0, 0.1) is 17.1 Å². The van der Waals surface area contributed by atoms with E-state index in [9.17, 15) is 4.39 Å². The molecule has 2 nitrogen and oxygen atoms in total. The van der Waals surface area contributed by atoms with Gasteiger partial charge in [-0.05, 0) is 54.1 Å². The van der Waals surface area contributed by atoms with Gasteiger partial charge in [-0.25, -0.2) is 4.39 Å². The molecule has 0 saturated carbocycles. The number of nitrogens with zero attached hydrogens (tertiary/aromatic N) is 1. The maximum atomic E-state index is 13.4. The Morgan fingerprint density at radius 3 is 2.68 bits per heavy atom. The molecule has 2 aromatic rings. The zero-order chi connectivity index (χ0) is 13.8. The van der Waals surface area contributed by atoms with E-state index in [4.69, 9.17) is 16.9 Å². The molecular weight excluding hydrogens is 263 g/mol. The Morgan fingerprint density at radius 1 is 1.21 bits per heavy atom. The Hall–Kier alpha value is -1.89. The summed E-state index contributed by atoms with van der Waals surface area (Å²) < 4.78 is 13.4. The zero-order valence-electron chi connectivity index (χ0n) is 10.4. The number of rotatable bonds is 3. The van der Waals surface area contributed by atoms with E-state index in [1.165, 1.54) is 12.1 Å². The molecular formula is C15H12ClFN2. The Kier molecular flexibility index (Phi) is 4.16. The van der Waals surface area contributed by atoms with Crippen LogP contribution in [0.1, 0.15) is 11.1 Å². The van der Waals surface area contributed by atoms with Gasteiger partial charge >= 0.3 is 0 Å². The van der Waals surface area contributed by atoms with E-state index in [1.54, 1.807) is 12.1 Å². The Balaban J connectivity index is 2.50. The maximum Gasteiger partial charge on any atom is 0.125 e. The van der Waals surface area contributed by atoms with Crippen LogP contribution in [0.5, 0.6) is 0 Å². The molecule has 0 atom stereocenters. The summed E-state index contributed by atoms with van der Waals surface area (Å²) in [7, 11) is 1.83. The molecule has 2 rings (SSSR count). The summed E-state index contributed by atoms with van der Waals surface area (Å²) >= 11 is 6.09.